The number of para-hydroxylation sites is 1. The Hall–Kier alpha value is -3.87. The van der Waals surface area contributed by atoms with Gasteiger partial charge in [-0.25, -0.2) is 5.01 Å². The lowest BCUT2D eigenvalue weighted by molar-refractivity contribution is -0.0191. The van der Waals surface area contributed by atoms with Gasteiger partial charge in [0, 0.05) is 23.1 Å². The summed E-state index contributed by atoms with van der Waals surface area (Å²) in [7, 11) is 1.54. The quantitative estimate of drug-likeness (QED) is 0.684. The number of phenolic OH excluding ortho intramolecular Hbond substituents is 1. The van der Waals surface area contributed by atoms with Gasteiger partial charge >= 0.3 is 0 Å². The number of methoxy groups -OCH3 is 1. The molecule has 7 nitrogen and oxygen atoms in total. The normalized spacial score (nSPS) is 20.5. The van der Waals surface area contributed by atoms with E-state index >= 15 is 0 Å². The molecule has 31 heavy (non-hydrogen) atoms. The number of hydrogen-bond donors (Lipinski definition) is 1. The summed E-state index contributed by atoms with van der Waals surface area (Å²) in [6.45, 7) is 0.227. The number of nitrogens with zero attached hydrogens (tertiary/aromatic N) is 2. The third-order valence-corrected chi connectivity index (χ3v) is 5.89. The van der Waals surface area contributed by atoms with Crippen LogP contribution in [0.25, 0.3) is 0 Å². The number of hydrazone groups is 1. The van der Waals surface area contributed by atoms with Gasteiger partial charge in [-0.3, -0.25) is 0 Å². The number of aromatic hydroxyl groups is 1. The van der Waals surface area contributed by atoms with Crippen LogP contribution in [-0.4, -0.2) is 29.7 Å². The van der Waals surface area contributed by atoms with Crippen molar-refractivity contribution < 1.29 is 24.1 Å². The molecule has 3 aromatic rings. The van der Waals surface area contributed by atoms with Gasteiger partial charge in [0.05, 0.1) is 18.9 Å². The van der Waals surface area contributed by atoms with E-state index in [2.05, 4.69) is 6.07 Å². The molecule has 0 fully saturated rings. The first-order valence-electron chi connectivity index (χ1n) is 10.1. The van der Waals surface area contributed by atoms with Crippen molar-refractivity contribution in [3.8, 4) is 28.7 Å². The molecule has 0 saturated carbocycles. The first-order chi connectivity index (χ1) is 15.2. The van der Waals surface area contributed by atoms with Crippen molar-refractivity contribution in [2.75, 3.05) is 13.9 Å². The molecular formula is C24H20N2O5. The molecule has 0 spiro atoms. The van der Waals surface area contributed by atoms with Crippen LogP contribution in [0.1, 0.15) is 35.4 Å². The third kappa shape index (κ3) is 2.84. The summed E-state index contributed by atoms with van der Waals surface area (Å²) in [5, 5.41) is 16.9. The van der Waals surface area contributed by atoms with Gasteiger partial charge in [0.25, 0.3) is 0 Å². The second kappa shape index (κ2) is 6.84. The van der Waals surface area contributed by atoms with Crippen molar-refractivity contribution in [1.29, 1.82) is 0 Å². The average Bonchev–Trinajstić information content (AvgIpc) is 3.46. The Labute approximate surface area is 179 Å². The van der Waals surface area contributed by atoms with Crippen molar-refractivity contribution in [2.45, 2.75) is 18.7 Å². The SMILES string of the molecule is COc1cc(C2=NN3[C@@H](c4ccc5c(c4)OCO5)Oc4ccccc4[C@@H]3C2)ccc1O. The lowest BCUT2D eigenvalue weighted by Crippen LogP contribution is -2.33. The minimum absolute atomic E-state index is 0.0372. The molecule has 0 aromatic heterocycles. The summed E-state index contributed by atoms with van der Waals surface area (Å²) in [5.41, 5.74) is 3.86. The smallest absolute Gasteiger partial charge is 0.231 e. The minimum atomic E-state index is -0.397. The number of ether oxygens (including phenoxy) is 4. The highest BCUT2D eigenvalue weighted by Gasteiger charge is 2.41. The van der Waals surface area contributed by atoms with Gasteiger partial charge in [-0.05, 0) is 42.5 Å². The van der Waals surface area contributed by atoms with Gasteiger partial charge in [-0.2, -0.15) is 5.10 Å². The van der Waals surface area contributed by atoms with Crippen molar-refractivity contribution in [3.63, 3.8) is 0 Å². The van der Waals surface area contributed by atoms with Crippen LogP contribution in [0.5, 0.6) is 28.7 Å². The Morgan fingerprint density at radius 2 is 1.87 bits per heavy atom. The van der Waals surface area contributed by atoms with Crippen LogP contribution in [0.2, 0.25) is 0 Å². The van der Waals surface area contributed by atoms with E-state index in [9.17, 15) is 5.11 Å². The fourth-order valence-corrected chi connectivity index (χ4v) is 4.35. The molecule has 156 valence electrons. The van der Waals surface area contributed by atoms with Crippen molar-refractivity contribution >= 4 is 5.71 Å². The molecule has 3 aromatic carbocycles. The largest absolute Gasteiger partial charge is 0.504 e. The first kappa shape index (κ1) is 17.9. The minimum Gasteiger partial charge on any atom is -0.504 e. The zero-order valence-corrected chi connectivity index (χ0v) is 16.8. The molecule has 6 rings (SSSR count). The van der Waals surface area contributed by atoms with Crippen molar-refractivity contribution in [2.24, 2.45) is 5.10 Å². The summed E-state index contributed by atoms with van der Waals surface area (Å²) < 4.78 is 22.7. The van der Waals surface area contributed by atoms with Gasteiger partial charge in [-0.15, -0.1) is 0 Å². The van der Waals surface area contributed by atoms with Crippen LogP contribution < -0.4 is 18.9 Å². The molecule has 0 aliphatic carbocycles. The average molecular weight is 416 g/mol. The van der Waals surface area contributed by atoms with E-state index in [0.717, 1.165) is 40.3 Å². The number of hydrogen-bond acceptors (Lipinski definition) is 7. The second-order valence-corrected chi connectivity index (χ2v) is 7.65. The predicted octanol–water partition coefficient (Wildman–Crippen LogP) is 4.37. The Balaban J connectivity index is 1.43. The Bertz CT molecular complexity index is 1210. The molecule has 0 saturated heterocycles. The van der Waals surface area contributed by atoms with Gasteiger partial charge in [0.1, 0.15) is 5.75 Å². The predicted molar refractivity (Wildman–Crippen MR) is 113 cm³/mol. The van der Waals surface area contributed by atoms with Crippen LogP contribution in [-0.2, 0) is 0 Å². The van der Waals surface area contributed by atoms with Crippen LogP contribution in [0.15, 0.2) is 65.8 Å². The topological polar surface area (TPSA) is 72.8 Å². The van der Waals surface area contributed by atoms with E-state index in [-0.39, 0.29) is 18.6 Å². The van der Waals surface area contributed by atoms with Gasteiger partial charge in [0.2, 0.25) is 13.0 Å². The molecule has 2 atom stereocenters. The van der Waals surface area contributed by atoms with E-state index in [1.807, 2.05) is 53.5 Å². The van der Waals surface area contributed by atoms with E-state index in [1.54, 1.807) is 6.07 Å². The zero-order valence-electron chi connectivity index (χ0n) is 16.8. The highest BCUT2D eigenvalue weighted by Crippen LogP contribution is 2.48. The Morgan fingerprint density at radius 1 is 1.00 bits per heavy atom. The summed E-state index contributed by atoms with van der Waals surface area (Å²) in [6.07, 6.45) is 0.320. The maximum Gasteiger partial charge on any atom is 0.231 e. The van der Waals surface area contributed by atoms with Gasteiger partial charge in [0.15, 0.2) is 23.0 Å². The molecule has 0 radical (unpaired) electrons. The number of fused-ring (bicyclic) bond motifs is 4. The molecule has 0 unspecified atom stereocenters. The maximum atomic E-state index is 9.96. The number of phenols is 1. The van der Waals surface area contributed by atoms with Crippen molar-refractivity contribution in [1.82, 2.24) is 5.01 Å². The Kier molecular flexibility index (Phi) is 3.96. The van der Waals surface area contributed by atoms with Gasteiger partial charge < -0.3 is 24.1 Å². The molecule has 0 amide bonds. The molecule has 3 heterocycles. The van der Waals surface area contributed by atoms with Crippen LogP contribution in [0.3, 0.4) is 0 Å². The second-order valence-electron chi connectivity index (χ2n) is 7.65. The third-order valence-electron chi connectivity index (χ3n) is 5.89. The van der Waals surface area contributed by atoms with Crippen molar-refractivity contribution in [3.05, 3.63) is 77.4 Å². The van der Waals surface area contributed by atoms with Gasteiger partial charge in [-0.1, -0.05) is 18.2 Å². The van der Waals surface area contributed by atoms with E-state index in [4.69, 9.17) is 24.0 Å². The molecule has 3 aliphatic rings. The summed E-state index contributed by atoms with van der Waals surface area (Å²) in [4.78, 5) is 0. The monoisotopic (exact) mass is 416 g/mol. The standard InChI is InChI=1S/C24H20N2O5/c1-28-22-10-14(6-8-19(22)27)17-12-18-16-4-2-3-5-20(16)31-24(26(18)25-17)15-7-9-21-23(11-15)30-13-29-21/h2-11,18,24,27H,12-13H2,1H3/t18-,24+/m0/s1. The van der Waals surface area contributed by atoms with Crippen LogP contribution in [0.4, 0.5) is 0 Å². The zero-order chi connectivity index (χ0) is 20.9. The fourth-order valence-electron chi connectivity index (χ4n) is 4.35. The molecular weight excluding hydrogens is 396 g/mol. The number of rotatable bonds is 3. The number of benzene rings is 3. The lowest BCUT2D eigenvalue weighted by Gasteiger charge is -2.38. The van der Waals surface area contributed by atoms with Crippen LogP contribution >= 0.6 is 0 Å². The molecule has 3 aliphatic heterocycles. The lowest BCUT2D eigenvalue weighted by atomic mass is 9.95. The summed E-state index contributed by atoms with van der Waals surface area (Å²) in [6, 6.07) is 19.3. The van der Waals surface area contributed by atoms with E-state index in [1.165, 1.54) is 7.11 Å². The van der Waals surface area contributed by atoms with E-state index < -0.39 is 6.23 Å². The maximum absolute atomic E-state index is 9.96. The fraction of sp³-hybridized carbons (Fsp3) is 0.208. The van der Waals surface area contributed by atoms with E-state index in [0.29, 0.717) is 11.5 Å². The molecule has 0 bridgehead atoms. The highest BCUT2D eigenvalue weighted by molar-refractivity contribution is 6.02. The van der Waals surface area contributed by atoms with Crippen LogP contribution in [0, 0.1) is 0 Å². The molecule has 7 heteroatoms. The highest BCUT2D eigenvalue weighted by atomic mass is 16.7. The molecule has 1 N–H and O–H groups in total. The summed E-state index contributed by atoms with van der Waals surface area (Å²) >= 11 is 0. The Morgan fingerprint density at radius 3 is 2.77 bits per heavy atom. The summed E-state index contributed by atoms with van der Waals surface area (Å²) in [5.74, 6) is 2.83. The first-order valence-corrected chi connectivity index (χ1v) is 10.1.